The van der Waals surface area contributed by atoms with Crippen LogP contribution in [0.5, 0.6) is 23.0 Å². The average molecular weight is 953 g/mol. The van der Waals surface area contributed by atoms with Crippen molar-refractivity contribution in [2.24, 2.45) is 0 Å². The maximum atomic E-state index is 14.3. The lowest BCUT2D eigenvalue weighted by atomic mass is 10.1. The van der Waals surface area contributed by atoms with Gasteiger partial charge in [-0.15, -0.1) is 3.89 Å². The minimum absolute atomic E-state index is 0.00833. The van der Waals surface area contributed by atoms with Crippen molar-refractivity contribution in [3.8, 4) is 23.0 Å². The van der Waals surface area contributed by atoms with Gasteiger partial charge in [-0.3, -0.25) is 24.1 Å². The van der Waals surface area contributed by atoms with E-state index in [1.807, 2.05) is 13.8 Å². The van der Waals surface area contributed by atoms with Crippen molar-refractivity contribution in [1.82, 2.24) is 9.80 Å². The molecule has 0 bridgehead atoms. The molecule has 1 N–H and O–H groups in total. The molecule has 5 rings (SSSR count). The number of amides is 3. The van der Waals surface area contributed by atoms with Gasteiger partial charge in [0, 0.05) is 56.4 Å². The first kappa shape index (κ1) is 49.0. The Morgan fingerprint density at radius 3 is 1.89 bits per heavy atom. The Morgan fingerprint density at radius 2 is 1.37 bits per heavy atom. The highest BCUT2D eigenvalue weighted by Gasteiger charge is 2.52. The van der Waals surface area contributed by atoms with Crippen molar-refractivity contribution in [2.45, 2.75) is 56.2 Å². The number of ether oxygens (including phenoxy) is 4. The highest BCUT2D eigenvalue weighted by molar-refractivity contribution is 7.96. The molecule has 28 heteroatoms. The molecule has 0 aromatic heterocycles. The molecule has 342 valence electrons. The van der Waals surface area contributed by atoms with Gasteiger partial charge in [-0.05, 0) is 12.1 Å². The van der Waals surface area contributed by atoms with E-state index in [1.165, 1.54) is 33.4 Å². The van der Waals surface area contributed by atoms with Crippen molar-refractivity contribution in [3.05, 3.63) is 59.3 Å². The number of hydrogen-bond donors (Lipinski definition) is 1. The topological polar surface area (TPSA) is 214 Å². The number of likely N-dealkylation sites (N-methyl/N-ethyl adjacent to an activating group) is 1. The molecule has 0 radical (unpaired) electrons. The number of hydrogen-bond acceptors (Lipinski definition) is 16. The number of fused-ring (bicyclic) bond motifs is 2. The molecule has 2 unspecified atom stereocenters. The fourth-order valence-electron chi connectivity index (χ4n) is 5.78. The molecule has 2 aromatic rings. The van der Waals surface area contributed by atoms with Crippen LogP contribution in [0.2, 0.25) is 0 Å². The second-order valence-corrected chi connectivity index (χ2v) is 16.0. The monoisotopic (exact) mass is 952 g/mol. The Kier molecular flexibility index (Phi) is 15.2. The Morgan fingerprint density at radius 1 is 0.839 bits per heavy atom. The van der Waals surface area contributed by atoms with Crippen LogP contribution in [0.4, 0.5) is 41.6 Å². The van der Waals surface area contributed by atoms with Gasteiger partial charge in [-0.25, -0.2) is 4.31 Å². The van der Waals surface area contributed by atoms with Gasteiger partial charge in [0.05, 0.1) is 44.4 Å². The number of methoxy groups -OCH3 is 2. The van der Waals surface area contributed by atoms with Gasteiger partial charge in [-0.2, -0.15) is 43.2 Å². The average Bonchev–Trinajstić information content (AvgIpc) is 3.77. The lowest BCUT2D eigenvalue weighted by Gasteiger charge is -2.21. The van der Waals surface area contributed by atoms with E-state index in [2.05, 4.69) is 13.7 Å². The number of nitrogens with zero attached hydrogens (tertiary/aromatic N) is 3. The van der Waals surface area contributed by atoms with Gasteiger partial charge in [0.25, 0.3) is 11.8 Å². The summed E-state index contributed by atoms with van der Waals surface area (Å²) < 4.78 is 168. The maximum absolute atomic E-state index is 14.3. The van der Waals surface area contributed by atoms with Crippen molar-refractivity contribution < 1.29 is 93.6 Å². The van der Waals surface area contributed by atoms with E-state index >= 15 is 0 Å². The maximum Gasteiger partial charge on any atom is 0.534 e. The van der Waals surface area contributed by atoms with E-state index in [-0.39, 0.29) is 65.1 Å². The smallest absolute Gasteiger partial charge is 0.493 e. The summed E-state index contributed by atoms with van der Waals surface area (Å²) in [6.45, 7) is 3.70. The van der Waals surface area contributed by atoms with Gasteiger partial charge in [-0.1, -0.05) is 13.8 Å². The largest absolute Gasteiger partial charge is 0.534 e. The second-order valence-electron chi connectivity index (χ2n) is 12.4. The number of benzene rings is 2. The minimum atomic E-state index is -6.16. The molecule has 3 aliphatic heterocycles. The van der Waals surface area contributed by atoms with Crippen molar-refractivity contribution >= 4 is 68.0 Å². The third-order valence-electron chi connectivity index (χ3n) is 8.59. The molecule has 18 nitrogen and oxygen atoms in total. The number of aldehydes is 1. The number of carbonyl (C=O) groups is 4. The summed E-state index contributed by atoms with van der Waals surface area (Å²) in [5, 5.41) is 2.44. The number of alkyl halides is 6. The van der Waals surface area contributed by atoms with Gasteiger partial charge in [0.15, 0.2) is 41.6 Å². The minimum Gasteiger partial charge on any atom is -0.493 e. The van der Waals surface area contributed by atoms with Crippen LogP contribution in [-0.2, 0) is 38.2 Å². The third-order valence-corrected chi connectivity index (χ3v) is 11.1. The Balaban J connectivity index is 0.00000416. The molecular formula is C34H35F7N4O14S3. The molecule has 0 saturated heterocycles. The van der Waals surface area contributed by atoms with Crippen LogP contribution in [0, 0.1) is 0 Å². The van der Waals surface area contributed by atoms with Crippen molar-refractivity contribution in [2.75, 3.05) is 44.1 Å². The molecule has 3 aliphatic rings. The molecule has 3 heterocycles. The number of halogens is 7. The standard InChI is InChI=1S/C32H29F7N4O14S3.C2H6/c1-41-13-17(56-59(48,49)31(33,34)35)8-22(41)28(45)40-20-11-26(24(52-2)7-16(20)15-44)54-5-4-6-55-27-12-21-19(10-25(27)53-3)29(46)42-14-18(57-60(50,51)32(36,37)38)9-23(42)30(47)43(21)58-39;1-2/h7,10-15,22-23H,4-6,8-9H2,1-3H3,(H,40,45);1-2H3. The van der Waals surface area contributed by atoms with Crippen molar-refractivity contribution in [3.63, 3.8) is 0 Å². The Labute approximate surface area is 353 Å². The summed E-state index contributed by atoms with van der Waals surface area (Å²) in [6, 6.07) is 1.64. The summed E-state index contributed by atoms with van der Waals surface area (Å²) in [5.74, 6) is -4.83. The predicted octanol–water partition coefficient (Wildman–Crippen LogP) is 5.54. The highest BCUT2D eigenvalue weighted by Crippen LogP contribution is 2.44. The summed E-state index contributed by atoms with van der Waals surface area (Å²) >= 11 is -0.652. The van der Waals surface area contributed by atoms with Crippen molar-refractivity contribution in [1.29, 1.82) is 0 Å². The van der Waals surface area contributed by atoms with Crippen LogP contribution in [-0.4, -0.2) is 108 Å². The molecule has 0 fully saturated rings. The summed E-state index contributed by atoms with van der Waals surface area (Å²) in [7, 11) is -8.45. The number of rotatable bonds is 16. The molecule has 62 heavy (non-hydrogen) atoms. The first-order chi connectivity index (χ1) is 29.0. The molecule has 0 aliphatic carbocycles. The molecule has 0 saturated carbocycles. The zero-order valence-corrected chi connectivity index (χ0v) is 35.1. The normalized spacial score (nSPS) is 17.7. The number of carbonyl (C=O) groups excluding carboxylic acids is 4. The summed E-state index contributed by atoms with van der Waals surface area (Å²) in [6.07, 6.45) is 0.521. The predicted molar refractivity (Wildman–Crippen MR) is 202 cm³/mol. The summed E-state index contributed by atoms with van der Waals surface area (Å²) in [5.41, 5.74) is -12.5. The van der Waals surface area contributed by atoms with Crippen LogP contribution in [0.3, 0.4) is 0 Å². The lowest BCUT2D eigenvalue weighted by molar-refractivity contribution is -0.121. The van der Waals surface area contributed by atoms with Gasteiger partial charge in [0.2, 0.25) is 5.91 Å². The molecule has 3 amide bonds. The fourth-order valence-corrected chi connectivity index (χ4v) is 7.17. The van der Waals surface area contributed by atoms with E-state index in [1.54, 1.807) is 0 Å². The van der Waals surface area contributed by atoms with Crippen LogP contribution < -0.4 is 28.6 Å². The van der Waals surface area contributed by atoms with E-state index in [9.17, 15) is 66.2 Å². The zero-order valence-electron chi connectivity index (χ0n) is 32.7. The van der Waals surface area contributed by atoms with E-state index in [0.29, 0.717) is 21.7 Å². The Hall–Kier alpha value is -5.64. The summed E-state index contributed by atoms with van der Waals surface area (Å²) in [4.78, 5) is 53.5. The van der Waals surface area contributed by atoms with Gasteiger partial charge < -0.3 is 37.5 Å². The van der Waals surface area contributed by atoms with Crippen LogP contribution in [0.15, 0.2) is 48.2 Å². The Bertz CT molecular complexity index is 2360. The molecular weight excluding hydrogens is 918 g/mol. The van der Waals surface area contributed by atoms with Crippen LogP contribution in [0.1, 0.15) is 53.8 Å². The van der Waals surface area contributed by atoms with Gasteiger partial charge >= 0.3 is 31.3 Å². The van der Waals surface area contributed by atoms with E-state index < -0.39 is 97.8 Å². The SMILES string of the molecule is CC.COc1cc(C=O)c(NC(=O)C2CC(OS(=O)(=O)C(F)(F)F)=CN2C)cc1OCCCOc1cc2c(cc1OC)C(=O)N1C=C(OS(=O)(=O)C(F)(F)F)CC1C(=O)N2SF. The number of anilines is 2. The van der Waals surface area contributed by atoms with Crippen LogP contribution in [0.25, 0.3) is 0 Å². The van der Waals surface area contributed by atoms with Gasteiger partial charge in [0.1, 0.15) is 23.6 Å². The third kappa shape index (κ3) is 10.3. The molecule has 2 atom stereocenters. The number of nitrogens with one attached hydrogen (secondary N) is 1. The van der Waals surface area contributed by atoms with E-state index in [0.717, 1.165) is 23.2 Å². The first-order valence-corrected chi connectivity index (χ1v) is 21.0. The first-order valence-electron chi connectivity index (χ1n) is 17.5. The fraction of sp³-hybridized carbons (Fsp3) is 0.412. The quantitative estimate of drug-likeness (QED) is 0.0546. The zero-order chi connectivity index (χ0) is 46.5. The molecule has 2 aromatic carbocycles. The van der Waals surface area contributed by atoms with Crippen LogP contribution >= 0.6 is 12.3 Å². The van der Waals surface area contributed by atoms with E-state index in [4.69, 9.17) is 18.9 Å². The second kappa shape index (κ2) is 19.2. The highest BCUT2D eigenvalue weighted by atomic mass is 32.2. The lowest BCUT2D eigenvalue weighted by Crippen LogP contribution is -2.41. The molecule has 0 spiro atoms.